The largest absolute Gasteiger partial charge is 0.461 e. The molecule has 0 radical (unpaired) electrons. The highest BCUT2D eigenvalue weighted by atomic mass is 16.5. The third kappa shape index (κ3) is 3.98. The molecule has 0 unspecified atom stereocenters. The zero-order valence-corrected chi connectivity index (χ0v) is 15.8. The van der Waals surface area contributed by atoms with Gasteiger partial charge in [-0.3, -0.25) is 4.79 Å². The number of rotatable bonds is 5. The summed E-state index contributed by atoms with van der Waals surface area (Å²) in [5, 5.41) is 5.42. The van der Waals surface area contributed by atoms with E-state index in [9.17, 15) is 9.59 Å². The Bertz CT molecular complexity index is 1020. The van der Waals surface area contributed by atoms with Gasteiger partial charge in [0, 0.05) is 5.39 Å². The van der Waals surface area contributed by atoms with Crippen LogP contribution in [-0.2, 0) is 11.3 Å². The summed E-state index contributed by atoms with van der Waals surface area (Å²) in [7, 11) is 0. The van der Waals surface area contributed by atoms with E-state index in [2.05, 4.69) is 5.10 Å². The van der Waals surface area contributed by atoms with E-state index in [1.807, 2.05) is 36.4 Å². The number of aromatic nitrogens is 2. The summed E-state index contributed by atoms with van der Waals surface area (Å²) in [5.74, 6) is -0.0252. The third-order valence-electron chi connectivity index (χ3n) is 5.41. The standard InChI is InChI=1S/C23H24N2O3/c26-22-20-14-8-7-13-19(20)21(23(27)28-16-18-11-5-2-6-12-18)24-25(22)15-17-9-3-1-4-10-17/h1,3-4,7-10,13-14,18H,2,5-6,11-12,15-16H2. The molecule has 0 amide bonds. The second-order valence-electron chi connectivity index (χ2n) is 7.45. The molecule has 144 valence electrons. The molecule has 3 aromatic rings. The molecule has 1 fully saturated rings. The predicted molar refractivity (Wildman–Crippen MR) is 108 cm³/mol. The molecule has 28 heavy (non-hydrogen) atoms. The minimum absolute atomic E-state index is 0.205. The average molecular weight is 376 g/mol. The smallest absolute Gasteiger partial charge is 0.359 e. The molecule has 0 atom stereocenters. The van der Waals surface area contributed by atoms with Gasteiger partial charge in [-0.25, -0.2) is 9.48 Å². The molecule has 1 aromatic heterocycles. The number of carbonyl (C=O) groups is 1. The maximum Gasteiger partial charge on any atom is 0.359 e. The summed E-state index contributed by atoms with van der Waals surface area (Å²) >= 11 is 0. The Morgan fingerprint density at radius 2 is 1.64 bits per heavy atom. The maximum atomic E-state index is 12.9. The molecule has 1 aliphatic rings. The van der Waals surface area contributed by atoms with E-state index < -0.39 is 5.97 Å². The van der Waals surface area contributed by atoms with E-state index in [4.69, 9.17) is 4.74 Å². The van der Waals surface area contributed by atoms with Crippen LogP contribution >= 0.6 is 0 Å². The van der Waals surface area contributed by atoms with E-state index in [0.29, 0.717) is 29.8 Å². The van der Waals surface area contributed by atoms with Gasteiger partial charge in [-0.2, -0.15) is 5.10 Å². The first-order valence-corrected chi connectivity index (χ1v) is 9.93. The van der Waals surface area contributed by atoms with Crippen molar-refractivity contribution in [3.8, 4) is 0 Å². The van der Waals surface area contributed by atoms with Crippen molar-refractivity contribution >= 4 is 16.7 Å². The topological polar surface area (TPSA) is 61.2 Å². The van der Waals surface area contributed by atoms with E-state index in [1.54, 1.807) is 18.2 Å². The molecule has 5 nitrogen and oxygen atoms in total. The lowest BCUT2D eigenvalue weighted by Gasteiger charge is -2.21. The molecule has 2 aromatic carbocycles. The van der Waals surface area contributed by atoms with Crippen LogP contribution in [0.4, 0.5) is 0 Å². The van der Waals surface area contributed by atoms with Crippen molar-refractivity contribution in [2.75, 3.05) is 6.61 Å². The van der Waals surface area contributed by atoms with E-state index in [0.717, 1.165) is 18.4 Å². The second-order valence-corrected chi connectivity index (χ2v) is 7.45. The van der Waals surface area contributed by atoms with Gasteiger partial charge in [-0.1, -0.05) is 67.8 Å². The van der Waals surface area contributed by atoms with Gasteiger partial charge >= 0.3 is 5.97 Å². The highest BCUT2D eigenvalue weighted by Crippen LogP contribution is 2.24. The summed E-state index contributed by atoms with van der Waals surface area (Å²) in [6.07, 6.45) is 5.88. The molecule has 0 spiro atoms. The lowest BCUT2D eigenvalue weighted by atomic mass is 9.90. The number of benzene rings is 2. The van der Waals surface area contributed by atoms with E-state index in [-0.39, 0.29) is 11.3 Å². The Balaban J connectivity index is 1.65. The lowest BCUT2D eigenvalue weighted by Crippen LogP contribution is -2.27. The second kappa shape index (κ2) is 8.38. The zero-order chi connectivity index (χ0) is 19.3. The summed E-state index contributed by atoms with van der Waals surface area (Å²) in [6, 6.07) is 16.7. The van der Waals surface area contributed by atoms with Gasteiger partial charge in [0.2, 0.25) is 0 Å². The molecule has 1 heterocycles. The van der Waals surface area contributed by atoms with Gasteiger partial charge in [0.1, 0.15) is 0 Å². The first kappa shape index (κ1) is 18.4. The highest BCUT2D eigenvalue weighted by Gasteiger charge is 2.20. The SMILES string of the molecule is O=C(OCC1CCCCC1)c1nn(Cc2ccccc2)c(=O)c2ccccc12. The van der Waals surface area contributed by atoms with Crippen LogP contribution in [-0.4, -0.2) is 22.4 Å². The van der Waals surface area contributed by atoms with Gasteiger partial charge in [-0.05, 0) is 30.4 Å². The summed E-state index contributed by atoms with van der Waals surface area (Å²) < 4.78 is 6.96. The minimum atomic E-state index is -0.455. The summed E-state index contributed by atoms with van der Waals surface area (Å²) in [4.78, 5) is 25.7. The van der Waals surface area contributed by atoms with E-state index in [1.165, 1.54) is 23.9 Å². The van der Waals surface area contributed by atoms with Crippen LogP contribution in [0, 0.1) is 5.92 Å². The molecular formula is C23H24N2O3. The molecular weight excluding hydrogens is 352 g/mol. The van der Waals surface area contributed by atoms with Crippen LogP contribution < -0.4 is 5.56 Å². The van der Waals surface area contributed by atoms with Crippen LogP contribution in [0.1, 0.15) is 48.2 Å². The minimum Gasteiger partial charge on any atom is -0.461 e. The van der Waals surface area contributed by atoms with Crippen molar-refractivity contribution in [3.63, 3.8) is 0 Å². The number of ether oxygens (including phenoxy) is 1. The van der Waals surface area contributed by atoms with Gasteiger partial charge < -0.3 is 4.74 Å². The zero-order valence-electron chi connectivity index (χ0n) is 15.8. The van der Waals surface area contributed by atoms with Crippen LogP contribution in [0.25, 0.3) is 10.8 Å². The van der Waals surface area contributed by atoms with E-state index >= 15 is 0 Å². The lowest BCUT2D eigenvalue weighted by molar-refractivity contribution is 0.0403. The van der Waals surface area contributed by atoms with Crippen molar-refractivity contribution in [2.24, 2.45) is 5.92 Å². The molecule has 0 N–H and O–H groups in total. The van der Waals surface area contributed by atoms with Gasteiger partial charge in [0.05, 0.1) is 18.5 Å². The normalized spacial score (nSPS) is 14.9. The predicted octanol–water partition coefficient (Wildman–Crippen LogP) is 4.18. The van der Waals surface area contributed by atoms with Crippen molar-refractivity contribution in [1.82, 2.24) is 9.78 Å². The molecule has 5 heteroatoms. The molecule has 0 bridgehead atoms. The van der Waals surface area contributed by atoms with Crippen molar-refractivity contribution in [2.45, 2.75) is 38.6 Å². The monoisotopic (exact) mass is 376 g/mol. The average Bonchev–Trinajstić information content (AvgIpc) is 2.75. The van der Waals surface area contributed by atoms with Crippen LogP contribution in [0.3, 0.4) is 0 Å². The number of nitrogens with zero attached hydrogens (tertiary/aromatic N) is 2. The van der Waals surface area contributed by atoms with Crippen molar-refractivity contribution < 1.29 is 9.53 Å². The van der Waals surface area contributed by atoms with Crippen molar-refractivity contribution in [1.29, 1.82) is 0 Å². The van der Waals surface area contributed by atoms with Crippen LogP contribution in [0.15, 0.2) is 59.4 Å². The summed E-state index contributed by atoms with van der Waals surface area (Å²) in [5.41, 5.74) is 0.958. The maximum absolute atomic E-state index is 12.9. The highest BCUT2D eigenvalue weighted by molar-refractivity contribution is 6.02. The van der Waals surface area contributed by atoms with Gasteiger partial charge in [-0.15, -0.1) is 0 Å². The number of hydrogen-bond acceptors (Lipinski definition) is 4. The number of carbonyl (C=O) groups excluding carboxylic acids is 1. The Morgan fingerprint density at radius 3 is 2.39 bits per heavy atom. The molecule has 4 rings (SSSR count). The van der Waals surface area contributed by atoms with Crippen molar-refractivity contribution in [3.05, 3.63) is 76.2 Å². The van der Waals surface area contributed by atoms with Gasteiger partial charge in [0.25, 0.3) is 5.56 Å². The molecule has 1 saturated carbocycles. The Kier molecular flexibility index (Phi) is 5.51. The van der Waals surface area contributed by atoms with Gasteiger partial charge in [0.15, 0.2) is 5.69 Å². The fraction of sp³-hybridized carbons (Fsp3) is 0.348. The molecule has 0 aliphatic heterocycles. The quantitative estimate of drug-likeness (QED) is 0.627. The summed E-state index contributed by atoms with van der Waals surface area (Å²) in [6.45, 7) is 0.736. The fourth-order valence-electron chi connectivity index (χ4n) is 3.87. The first-order valence-electron chi connectivity index (χ1n) is 9.93. The Hall–Kier alpha value is -2.95. The van der Waals surface area contributed by atoms with Crippen LogP contribution in [0.5, 0.6) is 0 Å². The molecule has 0 saturated heterocycles. The third-order valence-corrected chi connectivity index (χ3v) is 5.41. The van der Waals surface area contributed by atoms with Crippen LogP contribution in [0.2, 0.25) is 0 Å². The Morgan fingerprint density at radius 1 is 0.964 bits per heavy atom. The Labute approximate surface area is 164 Å². The fourth-order valence-corrected chi connectivity index (χ4v) is 3.87. The number of fused-ring (bicyclic) bond motifs is 1. The first-order chi connectivity index (χ1) is 13.7. The molecule has 1 aliphatic carbocycles. The number of esters is 1. The number of hydrogen-bond donors (Lipinski definition) is 0.